The first-order valence-electron chi connectivity index (χ1n) is 11.2. The van der Waals surface area contributed by atoms with Gasteiger partial charge in [-0.05, 0) is 74.1 Å². The van der Waals surface area contributed by atoms with Crippen LogP contribution >= 0.6 is 0 Å². The van der Waals surface area contributed by atoms with E-state index in [1.807, 2.05) is 23.0 Å². The van der Waals surface area contributed by atoms with Gasteiger partial charge in [-0.25, -0.2) is 9.97 Å². The van der Waals surface area contributed by atoms with Crippen LogP contribution in [0, 0.1) is 5.92 Å². The van der Waals surface area contributed by atoms with E-state index < -0.39 is 0 Å². The summed E-state index contributed by atoms with van der Waals surface area (Å²) >= 11 is 0. The lowest BCUT2D eigenvalue weighted by Crippen LogP contribution is -2.39. The Bertz CT molecular complexity index is 1240. The Morgan fingerprint density at radius 2 is 1.81 bits per heavy atom. The van der Waals surface area contributed by atoms with E-state index in [-0.39, 0.29) is 0 Å². The second kappa shape index (κ2) is 7.54. The summed E-state index contributed by atoms with van der Waals surface area (Å²) in [7, 11) is 0. The number of ether oxygens (including phenoxy) is 1. The number of nitrogens with zero attached hydrogens (tertiary/aromatic N) is 4. The number of hydrogen-bond donors (Lipinski definition) is 1. The predicted molar refractivity (Wildman–Crippen MR) is 124 cm³/mol. The van der Waals surface area contributed by atoms with Crippen molar-refractivity contribution >= 4 is 27.6 Å². The zero-order valence-electron chi connectivity index (χ0n) is 17.6. The number of pyridine rings is 1. The van der Waals surface area contributed by atoms with Crippen LogP contribution in [0.4, 0.5) is 5.69 Å². The summed E-state index contributed by atoms with van der Waals surface area (Å²) in [6.45, 7) is 2.85. The molecule has 1 aliphatic heterocycles. The Morgan fingerprint density at radius 1 is 0.935 bits per heavy atom. The van der Waals surface area contributed by atoms with Crippen molar-refractivity contribution in [1.29, 1.82) is 0 Å². The van der Waals surface area contributed by atoms with Gasteiger partial charge in [0.1, 0.15) is 17.9 Å². The molecular weight excluding hydrogens is 386 g/mol. The molecule has 1 saturated heterocycles. The van der Waals surface area contributed by atoms with Gasteiger partial charge in [0.05, 0.1) is 23.2 Å². The number of anilines is 1. The first-order chi connectivity index (χ1) is 15.2. The number of nitrogens with two attached hydrogens (primary N) is 1. The molecule has 3 heterocycles. The molecular formula is C25H27N5O. The summed E-state index contributed by atoms with van der Waals surface area (Å²) in [5.41, 5.74) is 10.3. The maximum absolute atomic E-state index is 6.05. The number of benzene rings is 2. The largest absolute Gasteiger partial charge is 0.493 e. The highest BCUT2D eigenvalue weighted by atomic mass is 16.5. The Balaban J connectivity index is 1.27. The van der Waals surface area contributed by atoms with E-state index in [4.69, 9.17) is 15.5 Å². The summed E-state index contributed by atoms with van der Waals surface area (Å²) < 4.78 is 7.94. The van der Waals surface area contributed by atoms with Crippen molar-refractivity contribution in [1.82, 2.24) is 14.5 Å². The van der Waals surface area contributed by atoms with Crippen LogP contribution in [-0.2, 0) is 0 Å². The monoisotopic (exact) mass is 413 g/mol. The zero-order valence-corrected chi connectivity index (χ0v) is 17.6. The maximum atomic E-state index is 6.05. The quantitative estimate of drug-likeness (QED) is 0.529. The SMILES string of the molecule is NC1CCN(c2ccc3nc(-n4cnc5cc(OCC6CC6)ccc54)ccc3c2)CC1. The molecule has 6 heteroatoms. The van der Waals surface area contributed by atoms with Gasteiger partial charge < -0.3 is 15.4 Å². The molecule has 31 heavy (non-hydrogen) atoms. The van der Waals surface area contributed by atoms with Crippen LogP contribution in [0.5, 0.6) is 5.75 Å². The molecule has 2 N–H and O–H groups in total. The molecule has 158 valence electrons. The first kappa shape index (κ1) is 18.6. The standard InChI is InChI=1S/C25H27N5O/c26-19-9-11-29(12-10-19)20-4-6-22-18(13-20)3-8-25(28-22)30-16-27-23-14-21(5-7-24(23)30)31-15-17-1-2-17/h3-8,13-14,16-17,19H,1-2,9-12,15,26H2. The van der Waals surface area contributed by atoms with E-state index in [1.165, 1.54) is 18.5 Å². The van der Waals surface area contributed by atoms with Gasteiger partial charge in [-0.3, -0.25) is 4.57 Å². The predicted octanol–water partition coefficient (Wildman–Crippen LogP) is 4.29. The van der Waals surface area contributed by atoms with Gasteiger partial charge in [0, 0.05) is 36.3 Å². The minimum atomic E-state index is 0.340. The van der Waals surface area contributed by atoms with Crippen molar-refractivity contribution in [3.8, 4) is 11.6 Å². The molecule has 6 nitrogen and oxygen atoms in total. The molecule has 6 rings (SSSR count). The first-order valence-corrected chi connectivity index (χ1v) is 11.2. The second-order valence-corrected chi connectivity index (χ2v) is 8.89. The van der Waals surface area contributed by atoms with Crippen molar-refractivity contribution < 1.29 is 4.74 Å². The van der Waals surface area contributed by atoms with Gasteiger partial charge in [-0.15, -0.1) is 0 Å². The van der Waals surface area contributed by atoms with Crippen molar-refractivity contribution in [3.63, 3.8) is 0 Å². The number of hydrogen-bond acceptors (Lipinski definition) is 5. The average molecular weight is 414 g/mol. The molecule has 0 unspecified atom stereocenters. The Hall–Kier alpha value is -3.12. The summed E-state index contributed by atoms with van der Waals surface area (Å²) in [4.78, 5) is 11.9. The lowest BCUT2D eigenvalue weighted by molar-refractivity contribution is 0.300. The highest BCUT2D eigenvalue weighted by Crippen LogP contribution is 2.31. The van der Waals surface area contributed by atoms with E-state index in [0.717, 1.165) is 72.0 Å². The molecule has 2 aliphatic rings. The van der Waals surface area contributed by atoms with Crippen LogP contribution < -0.4 is 15.4 Å². The third kappa shape index (κ3) is 3.72. The lowest BCUT2D eigenvalue weighted by Gasteiger charge is -2.32. The topological polar surface area (TPSA) is 69.2 Å². The van der Waals surface area contributed by atoms with Crippen LogP contribution in [0.3, 0.4) is 0 Å². The number of piperidine rings is 1. The normalized spacial score (nSPS) is 17.5. The molecule has 0 radical (unpaired) electrons. The minimum Gasteiger partial charge on any atom is -0.493 e. The van der Waals surface area contributed by atoms with Crippen molar-refractivity contribution in [3.05, 3.63) is 54.9 Å². The Kier molecular flexibility index (Phi) is 4.53. The number of fused-ring (bicyclic) bond motifs is 2. The highest BCUT2D eigenvalue weighted by molar-refractivity contribution is 5.84. The smallest absolute Gasteiger partial charge is 0.139 e. The van der Waals surface area contributed by atoms with Crippen LogP contribution in [0.15, 0.2) is 54.9 Å². The molecule has 1 saturated carbocycles. The van der Waals surface area contributed by atoms with E-state index in [9.17, 15) is 0 Å². The fourth-order valence-electron chi connectivity index (χ4n) is 4.35. The third-order valence-electron chi connectivity index (χ3n) is 6.51. The summed E-state index contributed by atoms with van der Waals surface area (Å²) in [5.74, 6) is 2.50. The average Bonchev–Trinajstić information content (AvgIpc) is 3.54. The molecule has 0 atom stereocenters. The zero-order chi connectivity index (χ0) is 20.8. The fourth-order valence-corrected chi connectivity index (χ4v) is 4.35. The van der Waals surface area contributed by atoms with E-state index in [1.54, 1.807) is 0 Å². The Labute approximate surface area is 181 Å². The fraction of sp³-hybridized carbons (Fsp3) is 0.360. The number of aromatic nitrogens is 3. The molecule has 2 aromatic carbocycles. The highest BCUT2D eigenvalue weighted by Gasteiger charge is 2.22. The lowest BCUT2D eigenvalue weighted by atomic mass is 10.0. The van der Waals surface area contributed by atoms with Crippen LogP contribution in [0.25, 0.3) is 27.8 Å². The van der Waals surface area contributed by atoms with Gasteiger partial charge in [0.25, 0.3) is 0 Å². The molecule has 0 amide bonds. The second-order valence-electron chi connectivity index (χ2n) is 8.89. The van der Waals surface area contributed by atoms with E-state index in [2.05, 4.69) is 46.3 Å². The van der Waals surface area contributed by atoms with E-state index >= 15 is 0 Å². The van der Waals surface area contributed by atoms with Gasteiger partial charge >= 0.3 is 0 Å². The van der Waals surface area contributed by atoms with Crippen molar-refractivity contribution in [2.24, 2.45) is 11.7 Å². The van der Waals surface area contributed by atoms with Crippen LogP contribution in [0.2, 0.25) is 0 Å². The molecule has 2 aromatic heterocycles. The van der Waals surface area contributed by atoms with Crippen LogP contribution in [-0.4, -0.2) is 40.3 Å². The molecule has 4 aromatic rings. The maximum Gasteiger partial charge on any atom is 0.139 e. The van der Waals surface area contributed by atoms with Gasteiger partial charge in [0.15, 0.2) is 0 Å². The summed E-state index contributed by atoms with van der Waals surface area (Å²) in [5, 5.41) is 1.15. The van der Waals surface area contributed by atoms with Crippen molar-refractivity contribution in [2.45, 2.75) is 31.7 Å². The summed E-state index contributed by atoms with van der Waals surface area (Å²) in [6.07, 6.45) is 6.53. The molecule has 0 bridgehead atoms. The molecule has 1 aliphatic carbocycles. The van der Waals surface area contributed by atoms with Crippen molar-refractivity contribution in [2.75, 3.05) is 24.6 Å². The van der Waals surface area contributed by atoms with Gasteiger partial charge in [0.2, 0.25) is 0 Å². The van der Waals surface area contributed by atoms with Gasteiger partial charge in [-0.2, -0.15) is 0 Å². The Morgan fingerprint density at radius 3 is 2.65 bits per heavy atom. The van der Waals surface area contributed by atoms with Crippen LogP contribution in [0.1, 0.15) is 25.7 Å². The van der Waals surface area contributed by atoms with Gasteiger partial charge in [-0.1, -0.05) is 0 Å². The number of imidazole rings is 1. The molecule has 0 spiro atoms. The minimum absolute atomic E-state index is 0.340. The molecule has 2 fully saturated rings. The summed E-state index contributed by atoms with van der Waals surface area (Å²) in [6, 6.07) is 17.2. The third-order valence-corrected chi connectivity index (χ3v) is 6.51. The van der Waals surface area contributed by atoms with E-state index in [0.29, 0.717) is 6.04 Å². The number of rotatable bonds is 5.